The van der Waals surface area contributed by atoms with Crippen molar-refractivity contribution in [2.45, 2.75) is 6.92 Å². The van der Waals surface area contributed by atoms with Gasteiger partial charge in [0.05, 0.1) is 12.8 Å². The minimum Gasteiger partial charge on any atom is -0.497 e. The van der Waals surface area contributed by atoms with E-state index in [-0.39, 0.29) is 11.2 Å². The number of primary amides is 1. The number of rotatable bonds is 3. The second kappa shape index (κ2) is 4.99. The summed E-state index contributed by atoms with van der Waals surface area (Å²) in [7, 11) is 1.54. The smallest absolute Gasteiger partial charge is 0.332 e. The van der Waals surface area contributed by atoms with Crippen molar-refractivity contribution in [2.24, 2.45) is 5.73 Å². The highest BCUT2D eigenvalue weighted by Gasteiger charge is 2.18. The maximum absolute atomic E-state index is 12.3. The molecule has 0 bridgehead atoms. The Kier molecular flexibility index (Phi) is 3.13. The van der Waals surface area contributed by atoms with Crippen LogP contribution in [0.15, 0.2) is 29.1 Å². The molecule has 1 amide bonds. The van der Waals surface area contributed by atoms with Crippen LogP contribution in [0.25, 0.3) is 16.9 Å². The maximum Gasteiger partial charge on any atom is 0.332 e. The second-order valence-corrected chi connectivity index (χ2v) is 4.65. The lowest BCUT2D eigenvalue weighted by molar-refractivity contribution is 0.0997. The van der Waals surface area contributed by atoms with Gasteiger partial charge < -0.3 is 15.5 Å². The Morgan fingerprint density at radius 1 is 1.36 bits per heavy atom. The number of carbonyl (C=O) groups is 1. The van der Waals surface area contributed by atoms with Gasteiger partial charge in [0.1, 0.15) is 17.1 Å². The van der Waals surface area contributed by atoms with Crippen LogP contribution in [-0.4, -0.2) is 32.5 Å². The molecular formula is C14H13N5O3. The maximum atomic E-state index is 12.3. The van der Waals surface area contributed by atoms with Gasteiger partial charge in [0.2, 0.25) is 0 Å². The highest BCUT2D eigenvalue weighted by atomic mass is 16.5. The lowest BCUT2D eigenvalue weighted by atomic mass is 10.3. The molecule has 0 fully saturated rings. The third kappa shape index (κ3) is 2.10. The van der Waals surface area contributed by atoms with Gasteiger partial charge in [0, 0.05) is 6.07 Å². The molecule has 0 spiro atoms. The Labute approximate surface area is 124 Å². The topological polar surface area (TPSA) is 116 Å². The number of aromatic amines is 1. The van der Waals surface area contributed by atoms with E-state index in [2.05, 4.69) is 15.0 Å². The van der Waals surface area contributed by atoms with E-state index >= 15 is 0 Å². The van der Waals surface area contributed by atoms with Gasteiger partial charge in [0.15, 0.2) is 11.3 Å². The monoisotopic (exact) mass is 299 g/mol. The number of benzene rings is 1. The number of fused-ring (bicyclic) bond motifs is 1. The summed E-state index contributed by atoms with van der Waals surface area (Å²) in [5.74, 6) is 0.214. The number of nitrogens with two attached hydrogens (primary N) is 1. The van der Waals surface area contributed by atoms with Gasteiger partial charge >= 0.3 is 5.69 Å². The summed E-state index contributed by atoms with van der Waals surface area (Å²) in [5.41, 5.74) is 5.92. The van der Waals surface area contributed by atoms with Crippen molar-refractivity contribution in [3.8, 4) is 11.4 Å². The first-order valence-corrected chi connectivity index (χ1v) is 6.45. The van der Waals surface area contributed by atoms with Gasteiger partial charge in [-0.15, -0.1) is 0 Å². The number of aryl methyl sites for hydroxylation is 1. The largest absolute Gasteiger partial charge is 0.497 e. The number of amides is 1. The van der Waals surface area contributed by atoms with Crippen LogP contribution >= 0.6 is 0 Å². The van der Waals surface area contributed by atoms with E-state index in [0.717, 1.165) is 0 Å². The molecule has 8 nitrogen and oxygen atoms in total. The first-order chi connectivity index (χ1) is 10.5. The van der Waals surface area contributed by atoms with E-state index in [0.29, 0.717) is 22.9 Å². The molecule has 0 aliphatic rings. The molecule has 8 heteroatoms. The zero-order chi connectivity index (χ0) is 15.9. The average molecular weight is 299 g/mol. The SMILES string of the molecule is COc1cccc(-n2c(=O)[nH]c3c(C(N)=O)nc(C)nc32)c1. The minimum atomic E-state index is -0.727. The molecule has 0 unspecified atom stereocenters. The first kappa shape index (κ1) is 13.8. The molecule has 3 N–H and O–H groups in total. The third-order valence-corrected chi connectivity index (χ3v) is 3.19. The fourth-order valence-corrected chi connectivity index (χ4v) is 2.26. The average Bonchev–Trinajstić information content (AvgIpc) is 2.82. The summed E-state index contributed by atoms with van der Waals surface area (Å²) >= 11 is 0. The Bertz CT molecular complexity index is 941. The molecule has 2 heterocycles. The molecule has 2 aromatic heterocycles. The van der Waals surface area contributed by atoms with Crippen molar-refractivity contribution in [1.82, 2.24) is 19.5 Å². The van der Waals surface area contributed by atoms with Crippen molar-refractivity contribution in [3.05, 3.63) is 46.3 Å². The van der Waals surface area contributed by atoms with E-state index in [4.69, 9.17) is 10.5 Å². The zero-order valence-corrected chi connectivity index (χ0v) is 12.0. The highest BCUT2D eigenvalue weighted by Crippen LogP contribution is 2.19. The van der Waals surface area contributed by atoms with Crippen molar-refractivity contribution in [1.29, 1.82) is 0 Å². The van der Waals surface area contributed by atoms with Crippen molar-refractivity contribution >= 4 is 17.1 Å². The minimum absolute atomic E-state index is 0.0127. The van der Waals surface area contributed by atoms with Crippen LogP contribution in [0.4, 0.5) is 0 Å². The molecule has 22 heavy (non-hydrogen) atoms. The number of methoxy groups -OCH3 is 1. The number of ether oxygens (including phenoxy) is 1. The summed E-state index contributed by atoms with van der Waals surface area (Å²) < 4.78 is 6.50. The summed E-state index contributed by atoms with van der Waals surface area (Å²) in [6.07, 6.45) is 0. The van der Waals surface area contributed by atoms with Gasteiger partial charge in [-0.2, -0.15) is 0 Å². The number of hydrogen-bond donors (Lipinski definition) is 2. The van der Waals surface area contributed by atoms with Crippen LogP contribution in [0.3, 0.4) is 0 Å². The Balaban J connectivity index is 2.37. The Morgan fingerprint density at radius 2 is 2.14 bits per heavy atom. The quantitative estimate of drug-likeness (QED) is 0.731. The summed E-state index contributed by atoms with van der Waals surface area (Å²) in [5, 5.41) is 0. The molecule has 3 aromatic rings. The molecule has 0 aliphatic carbocycles. The van der Waals surface area contributed by atoms with Gasteiger partial charge in [-0.25, -0.2) is 19.3 Å². The van der Waals surface area contributed by atoms with E-state index in [1.807, 2.05) is 0 Å². The molecule has 112 valence electrons. The number of nitrogens with one attached hydrogen (secondary N) is 1. The molecule has 3 rings (SSSR count). The number of hydrogen-bond acceptors (Lipinski definition) is 5. The molecule has 0 saturated heterocycles. The lowest BCUT2D eigenvalue weighted by Gasteiger charge is -2.06. The van der Waals surface area contributed by atoms with Crippen LogP contribution in [0.5, 0.6) is 5.75 Å². The number of aromatic nitrogens is 4. The van der Waals surface area contributed by atoms with Crippen LogP contribution in [0.2, 0.25) is 0 Å². The predicted octanol–water partition coefficient (Wildman–Crippen LogP) is 0.525. The van der Waals surface area contributed by atoms with Crippen LogP contribution < -0.4 is 16.2 Å². The van der Waals surface area contributed by atoms with Gasteiger partial charge in [0.25, 0.3) is 5.91 Å². The Hall–Kier alpha value is -3.16. The van der Waals surface area contributed by atoms with Crippen molar-refractivity contribution < 1.29 is 9.53 Å². The van der Waals surface area contributed by atoms with Gasteiger partial charge in [-0.05, 0) is 19.1 Å². The van der Waals surface area contributed by atoms with Crippen molar-refractivity contribution in [3.63, 3.8) is 0 Å². The molecular weight excluding hydrogens is 286 g/mol. The highest BCUT2D eigenvalue weighted by molar-refractivity contribution is 6.01. The second-order valence-electron chi connectivity index (χ2n) is 4.65. The van der Waals surface area contributed by atoms with Crippen LogP contribution in [-0.2, 0) is 0 Å². The van der Waals surface area contributed by atoms with E-state index in [9.17, 15) is 9.59 Å². The number of imidazole rings is 1. The Morgan fingerprint density at radius 3 is 2.82 bits per heavy atom. The third-order valence-electron chi connectivity index (χ3n) is 3.19. The fraction of sp³-hybridized carbons (Fsp3) is 0.143. The number of H-pyrrole nitrogens is 1. The number of carbonyl (C=O) groups excluding carboxylic acids is 1. The normalized spacial score (nSPS) is 10.8. The molecule has 0 radical (unpaired) electrons. The molecule has 0 aliphatic heterocycles. The van der Waals surface area contributed by atoms with E-state index in [1.54, 1.807) is 31.2 Å². The van der Waals surface area contributed by atoms with Crippen LogP contribution in [0.1, 0.15) is 16.3 Å². The molecule has 1 aromatic carbocycles. The van der Waals surface area contributed by atoms with Gasteiger partial charge in [-0.1, -0.05) is 6.07 Å². The standard InChI is InChI=1S/C14H13N5O3/c1-7-16-10(12(15)20)11-13(17-7)19(14(21)18-11)8-4-3-5-9(6-8)22-2/h3-6H,1-2H3,(H2,15,20)(H,18,21). The van der Waals surface area contributed by atoms with E-state index in [1.165, 1.54) is 11.7 Å². The first-order valence-electron chi connectivity index (χ1n) is 6.45. The summed E-state index contributed by atoms with van der Waals surface area (Å²) in [4.78, 5) is 34.6. The molecule has 0 atom stereocenters. The summed E-state index contributed by atoms with van der Waals surface area (Å²) in [6.45, 7) is 1.62. The summed E-state index contributed by atoms with van der Waals surface area (Å²) in [6, 6.07) is 6.94. The van der Waals surface area contributed by atoms with Crippen LogP contribution in [0, 0.1) is 6.92 Å². The van der Waals surface area contributed by atoms with Crippen molar-refractivity contribution in [2.75, 3.05) is 7.11 Å². The lowest BCUT2D eigenvalue weighted by Crippen LogP contribution is -2.15. The van der Waals surface area contributed by atoms with Gasteiger partial charge in [-0.3, -0.25) is 4.79 Å². The fourth-order valence-electron chi connectivity index (χ4n) is 2.26. The zero-order valence-electron chi connectivity index (χ0n) is 12.0. The number of nitrogens with zero attached hydrogens (tertiary/aromatic N) is 3. The van der Waals surface area contributed by atoms with E-state index < -0.39 is 11.6 Å². The predicted molar refractivity (Wildman–Crippen MR) is 79.3 cm³/mol. The molecule has 0 saturated carbocycles.